The minimum Gasteiger partial charge on any atom is -0.381 e. The minimum absolute atomic E-state index is 0.486. The van der Waals surface area contributed by atoms with Gasteiger partial charge in [0, 0.05) is 33.4 Å². The van der Waals surface area contributed by atoms with E-state index in [0.29, 0.717) is 6.04 Å². The number of hydrogen-bond acceptors (Lipinski definition) is 5. The predicted octanol–water partition coefficient (Wildman–Crippen LogP) is 1.90. The quantitative estimate of drug-likeness (QED) is 0.924. The lowest BCUT2D eigenvalue weighted by atomic mass is 10.1. The van der Waals surface area contributed by atoms with Crippen LogP contribution in [-0.4, -0.2) is 43.3 Å². The molecule has 0 aliphatic carbocycles. The van der Waals surface area contributed by atoms with Crippen molar-refractivity contribution >= 4 is 27.6 Å². The van der Waals surface area contributed by atoms with Crippen LogP contribution in [0.2, 0.25) is 0 Å². The molecule has 1 aromatic rings. The van der Waals surface area contributed by atoms with Gasteiger partial charge >= 0.3 is 0 Å². The van der Waals surface area contributed by atoms with Crippen LogP contribution >= 0.6 is 15.9 Å². The molecule has 1 aliphatic heterocycles. The van der Waals surface area contributed by atoms with Gasteiger partial charge in [-0.25, -0.2) is 9.97 Å². The summed E-state index contributed by atoms with van der Waals surface area (Å²) in [4.78, 5) is 10.7. The molecule has 2 rings (SSSR count). The predicted molar refractivity (Wildman–Crippen MR) is 71.5 cm³/mol. The molecule has 5 nitrogen and oxygen atoms in total. The molecule has 0 unspecified atom stereocenters. The molecule has 1 saturated heterocycles. The van der Waals surface area contributed by atoms with Gasteiger partial charge < -0.3 is 15.0 Å². The van der Waals surface area contributed by atoms with Crippen molar-refractivity contribution in [3.8, 4) is 0 Å². The van der Waals surface area contributed by atoms with Crippen molar-refractivity contribution in [3.05, 3.63) is 10.8 Å². The van der Waals surface area contributed by atoms with E-state index in [4.69, 9.17) is 4.74 Å². The normalized spacial score (nSPS) is 16.9. The lowest BCUT2D eigenvalue weighted by Crippen LogP contribution is -2.37. The molecule has 0 spiro atoms. The number of nitrogens with one attached hydrogen (secondary N) is 1. The van der Waals surface area contributed by atoms with Crippen molar-refractivity contribution in [2.45, 2.75) is 18.9 Å². The van der Waals surface area contributed by atoms with Crippen molar-refractivity contribution in [2.75, 3.05) is 37.5 Å². The Hall–Kier alpha value is -0.880. The van der Waals surface area contributed by atoms with Gasteiger partial charge in [-0.05, 0) is 28.8 Å². The van der Waals surface area contributed by atoms with Crippen molar-refractivity contribution in [1.29, 1.82) is 0 Å². The van der Waals surface area contributed by atoms with Crippen LogP contribution in [-0.2, 0) is 4.74 Å². The highest BCUT2D eigenvalue weighted by atomic mass is 79.9. The molecule has 0 atom stereocenters. The monoisotopic (exact) mass is 300 g/mol. The number of aromatic nitrogens is 2. The van der Waals surface area contributed by atoms with Gasteiger partial charge in [-0.3, -0.25) is 0 Å². The zero-order valence-corrected chi connectivity index (χ0v) is 11.7. The molecule has 1 aliphatic rings. The number of rotatable bonds is 3. The van der Waals surface area contributed by atoms with E-state index in [0.717, 1.165) is 42.2 Å². The molecule has 1 aromatic heterocycles. The van der Waals surface area contributed by atoms with Gasteiger partial charge in [0.15, 0.2) is 0 Å². The van der Waals surface area contributed by atoms with Gasteiger partial charge in [-0.2, -0.15) is 0 Å². The molecular formula is C11H17BrN4O. The molecule has 6 heteroatoms. The second-order valence-corrected chi connectivity index (χ2v) is 4.86. The zero-order chi connectivity index (χ0) is 12.3. The Kier molecular flexibility index (Phi) is 4.17. The third-order valence-corrected chi connectivity index (χ3v) is 3.81. The van der Waals surface area contributed by atoms with Gasteiger partial charge in [0.1, 0.15) is 22.4 Å². The van der Waals surface area contributed by atoms with Gasteiger partial charge in [-0.15, -0.1) is 0 Å². The highest BCUT2D eigenvalue weighted by Crippen LogP contribution is 2.30. The van der Waals surface area contributed by atoms with E-state index in [1.54, 1.807) is 6.33 Å². The number of halogens is 1. The van der Waals surface area contributed by atoms with Crippen LogP contribution < -0.4 is 10.2 Å². The van der Waals surface area contributed by atoms with Crippen molar-refractivity contribution in [3.63, 3.8) is 0 Å². The first-order chi connectivity index (χ1) is 8.24. The van der Waals surface area contributed by atoms with Crippen molar-refractivity contribution in [2.24, 2.45) is 0 Å². The largest absolute Gasteiger partial charge is 0.381 e. The van der Waals surface area contributed by atoms with E-state index in [2.05, 4.69) is 43.2 Å². The fourth-order valence-corrected chi connectivity index (χ4v) is 2.71. The first kappa shape index (κ1) is 12.6. The third kappa shape index (κ3) is 2.69. The summed E-state index contributed by atoms with van der Waals surface area (Å²) < 4.78 is 6.29. The SMILES string of the molecule is CNc1ncnc(N(C)C2CCOCC2)c1Br. The summed E-state index contributed by atoms with van der Waals surface area (Å²) in [6.07, 6.45) is 3.67. The first-order valence-corrected chi connectivity index (χ1v) is 6.52. The van der Waals surface area contributed by atoms with Crippen LogP contribution in [0, 0.1) is 0 Å². The summed E-state index contributed by atoms with van der Waals surface area (Å²) in [5, 5.41) is 3.04. The second kappa shape index (κ2) is 5.64. The maximum atomic E-state index is 5.38. The van der Waals surface area contributed by atoms with Gasteiger partial charge in [0.2, 0.25) is 0 Å². The molecule has 0 bridgehead atoms. The van der Waals surface area contributed by atoms with Crippen molar-refractivity contribution < 1.29 is 4.74 Å². The van der Waals surface area contributed by atoms with Gasteiger partial charge in [0.25, 0.3) is 0 Å². The van der Waals surface area contributed by atoms with E-state index < -0.39 is 0 Å². The average Bonchev–Trinajstić information content (AvgIpc) is 2.39. The molecule has 0 aromatic carbocycles. The number of nitrogens with zero attached hydrogens (tertiary/aromatic N) is 3. The van der Waals surface area contributed by atoms with Crippen LogP contribution in [0.1, 0.15) is 12.8 Å². The fraction of sp³-hybridized carbons (Fsp3) is 0.636. The Morgan fingerprint density at radius 1 is 1.41 bits per heavy atom. The Morgan fingerprint density at radius 2 is 2.12 bits per heavy atom. The molecule has 0 radical (unpaired) electrons. The summed E-state index contributed by atoms with van der Waals surface area (Å²) in [6, 6.07) is 0.486. The van der Waals surface area contributed by atoms with E-state index in [1.807, 2.05) is 7.05 Å². The standard InChI is InChI=1S/C11H17BrN4O/c1-13-10-9(12)11(15-7-14-10)16(2)8-3-5-17-6-4-8/h7-8H,3-6H2,1-2H3,(H,13,14,15). The molecule has 17 heavy (non-hydrogen) atoms. The maximum absolute atomic E-state index is 5.38. The Labute approximate surface area is 110 Å². The average molecular weight is 301 g/mol. The Balaban J connectivity index is 2.20. The van der Waals surface area contributed by atoms with Gasteiger partial charge in [-0.1, -0.05) is 0 Å². The van der Waals surface area contributed by atoms with Crippen LogP contribution in [0.5, 0.6) is 0 Å². The number of ether oxygens (including phenoxy) is 1. The van der Waals surface area contributed by atoms with Crippen LogP contribution in [0.15, 0.2) is 10.8 Å². The summed E-state index contributed by atoms with van der Waals surface area (Å²) in [6.45, 7) is 1.66. The molecule has 94 valence electrons. The first-order valence-electron chi connectivity index (χ1n) is 5.73. The lowest BCUT2D eigenvalue weighted by Gasteiger charge is -2.32. The van der Waals surface area contributed by atoms with E-state index >= 15 is 0 Å². The molecule has 1 N–H and O–H groups in total. The molecule has 2 heterocycles. The molecule has 0 saturated carbocycles. The Morgan fingerprint density at radius 3 is 2.76 bits per heavy atom. The van der Waals surface area contributed by atoms with Gasteiger partial charge in [0.05, 0.1) is 0 Å². The van der Waals surface area contributed by atoms with Crippen LogP contribution in [0.25, 0.3) is 0 Å². The third-order valence-electron chi connectivity index (χ3n) is 3.08. The number of anilines is 2. The van der Waals surface area contributed by atoms with Crippen LogP contribution in [0.4, 0.5) is 11.6 Å². The highest BCUT2D eigenvalue weighted by molar-refractivity contribution is 9.10. The molecular weight excluding hydrogens is 284 g/mol. The molecule has 1 fully saturated rings. The van der Waals surface area contributed by atoms with Crippen molar-refractivity contribution in [1.82, 2.24) is 9.97 Å². The summed E-state index contributed by atoms with van der Waals surface area (Å²) >= 11 is 3.55. The van der Waals surface area contributed by atoms with E-state index in [1.165, 1.54) is 0 Å². The smallest absolute Gasteiger partial charge is 0.148 e. The van der Waals surface area contributed by atoms with E-state index in [-0.39, 0.29) is 0 Å². The van der Waals surface area contributed by atoms with E-state index in [9.17, 15) is 0 Å². The summed E-state index contributed by atoms with van der Waals surface area (Å²) in [5.41, 5.74) is 0. The number of hydrogen-bond donors (Lipinski definition) is 1. The minimum atomic E-state index is 0.486. The summed E-state index contributed by atoms with van der Waals surface area (Å²) in [7, 11) is 3.92. The lowest BCUT2D eigenvalue weighted by molar-refractivity contribution is 0.0853. The zero-order valence-electron chi connectivity index (χ0n) is 10.1. The van der Waals surface area contributed by atoms with Crippen LogP contribution in [0.3, 0.4) is 0 Å². The summed E-state index contributed by atoms with van der Waals surface area (Å²) in [5.74, 6) is 1.74. The Bertz CT molecular complexity index is 382. The highest BCUT2D eigenvalue weighted by Gasteiger charge is 2.22. The molecule has 0 amide bonds. The fourth-order valence-electron chi connectivity index (χ4n) is 2.03. The maximum Gasteiger partial charge on any atom is 0.148 e. The second-order valence-electron chi connectivity index (χ2n) is 4.06. The topological polar surface area (TPSA) is 50.3 Å².